The van der Waals surface area contributed by atoms with E-state index < -0.39 is 6.09 Å². The van der Waals surface area contributed by atoms with Gasteiger partial charge in [-0.05, 0) is 24.6 Å². The fourth-order valence-electron chi connectivity index (χ4n) is 2.23. The summed E-state index contributed by atoms with van der Waals surface area (Å²) in [7, 11) is 0. The highest BCUT2D eigenvalue weighted by molar-refractivity contribution is 5.65. The predicted octanol–water partition coefficient (Wildman–Crippen LogP) is 0.848. The van der Waals surface area contributed by atoms with Gasteiger partial charge in [-0.3, -0.25) is 4.90 Å². The summed E-state index contributed by atoms with van der Waals surface area (Å²) in [6.45, 7) is 4.67. The Morgan fingerprint density at radius 1 is 1.61 bits per heavy atom. The SMILES string of the molecule is C[C@@H]1CN(C(=O)O)CCN1Cc1ccnc(N)c1. The van der Waals surface area contributed by atoms with E-state index >= 15 is 0 Å². The van der Waals surface area contributed by atoms with Crippen LogP contribution in [0.5, 0.6) is 0 Å². The number of carboxylic acid groups (broad SMARTS) is 1. The molecule has 0 spiro atoms. The average Bonchev–Trinajstić information content (AvgIpc) is 2.31. The normalized spacial score (nSPS) is 20.9. The lowest BCUT2D eigenvalue weighted by atomic mass is 10.1. The molecule has 18 heavy (non-hydrogen) atoms. The van der Waals surface area contributed by atoms with E-state index in [1.165, 1.54) is 4.90 Å². The van der Waals surface area contributed by atoms with Crippen molar-refractivity contribution in [3.63, 3.8) is 0 Å². The molecule has 0 bridgehead atoms. The van der Waals surface area contributed by atoms with E-state index in [2.05, 4.69) is 9.88 Å². The minimum Gasteiger partial charge on any atom is -0.465 e. The van der Waals surface area contributed by atoms with Crippen LogP contribution < -0.4 is 5.73 Å². The van der Waals surface area contributed by atoms with Crippen LogP contribution in [0.1, 0.15) is 12.5 Å². The van der Waals surface area contributed by atoms with Crippen LogP contribution in [0.2, 0.25) is 0 Å². The molecular weight excluding hydrogens is 232 g/mol. The molecule has 0 aromatic carbocycles. The standard InChI is InChI=1S/C12H18N4O2/c1-9-7-16(12(17)18)5-4-15(9)8-10-2-3-14-11(13)6-10/h2-3,6,9H,4-5,7-8H2,1H3,(H2,13,14)(H,17,18)/t9-/m1/s1. The second kappa shape index (κ2) is 5.22. The number of nitrogens with two attached hydrogens (primary N) is 1. The van der Waals surface area contributed by atoms with E-state index in [1.807, 2.05) is 19.1 Å². The topological polar surface area (TPSA) is 82.7 Å². The zero-order valence-electron chi connectivity index (χ0n) is 10.4. The van der Waals surface area contributed by atoms with Crippen molar-refractivity contribution >= 4 is 11.9 Å². The predicted molar refractivity (Wildman–Crippen MR) is 68.1 cm³/mol. The van der Waals surface area contributed by atoms with Gasteiger partial charge in [0.2, 0.25) is 0 Å². The third kappa shape index (κ3) is 2.89. The largest absolute Gasteiger partial charge is 0.465 e. The molecule has 1 aromatic rings. The molecule has 1 amide bonds. The van der Waals surface area contributed by atoms with E-state index in [9.17, 15) is 4.79 Å². The second-order valence-electron chi connectivity index (χ2n) is 4.64. The average molecular weight is 250 g/mol. The van der Waals surface area contributed by atoms with E-state index in [0.29, 0.717) is 18.9 Å². The Morgan fingerprint density at radius 3 is 3.00 bits per heavy atom. The van der Waals surface area contributed by atoms with Crippen LogP contribution in [-0.2, 0) is 6.54 Å². The maximum atomic E-state index is 10.9. The number of hydrogen-bond donors (Lipinski definition) is 2. The molecule has 1 aliphatic rings. The Morgan fingerprint density at radius 2 is 2.39 bits per heavy atom. The molecule has 0 aliphatic carbocycles. The van der Waals surface area contributed by atoms with Crippen molar-refractivity contribution in [2.75, 3.05) is 25.4 Å². The van der Waals surface area contributed by atoms with Gasteiger partial charge in [0.05, 0.1) is 0 Å². The number of nitrogen functional groups attached to an aromatic ring is 1. The molecule has 2 rings (SSSR count). The second-order valence-corrected chi connectivity index (χ2v) is 4.64. The van der Waals surface area contributed by atoms with Crippen molar-refractivity contribution < 1.29 is 9.90 Å². The number of hydrogen-bond acceptors (Lipinski definition) is 4. The summed E-state index contributed by atoms with van der Waals surface area (Å²) < 4.78 is 0. The van der Waals surface area contributed by atoms with Gasteiger partial charge < -0.3 is 15.7 Å². The summed E-state index contributed by atoms with van der Waals surface area (Å²) in [5.74, 6) is 0.518. The van der Waals surface area contributed by atoms with Crippen LogP contribution >= 0.6 is 0 Å². The van der Waals surface area contributed by atoms with Crippen LogP contribution in [0, 0.1) is 0 Å². The molecule has 3 N–H and O–H groups in total. The number of anilines is 1. The number of nitrogens with zero attached hydrogens (tertiary/aromatic N) is 3. The molecule has 98 valence electrons. The number of piperazine rings is 1. The van der Waals surface area contributed by atoms with Crippen LogP contribution in [0.25, 0.3) is 0 Å². The Bertz CT molecular complexity index is 438. The number of rotatable bonds is 2. The fourth-order valence-corrected chi connectivity index (χ4v) is 2.23. The smallest absolute Gasteiger partial charge is 0.407 e. The Balaban J connectivity index is 1.97. The minimum atomic E-state index is -0.838. The van der Waals surface area contributed by atoms with Crippen LogP contribution in [0.15, 0.2) is 18.3 Å². The van der Waals surface area contributed by atoms with Crippen LogP contribution in [0.4, 0.5) is 10.6 Å². The third-order valence-electron chi connectivity index (χ3n) is 3.27. The number of carbonyl (C=O) groups is 1. The van der Waals surface area contributed by atoms with Gasteiger partial charge in [0.25, 0.3) is 0 Å². The van der Waals surface area contributed by atoms with Crippen molar-refractivity contribution in [3.05, 3.63) is 23.9 Å². The van der Waals surface area contributed by atoms with E-state index in [1.54, 1.807) is 6.20 Å². The summed E-state index contributed by atoms with van der Waals surface area (Å²) in [6, 6.07) is 4.01. The summed E-state index contributed by atoms with van der Waals surface area (Å²) in [5.41, 5.74) is 6.75. The first-order valence-corrected chi connectivity index (χ1v) is 5.98. The highest BCUT2D eigenvalue weighted by Crippen LogP contribution is 2.14. The summed E-state index contributed by atoms with van der Waals surface area (Å²) >= 11 is 0. The zero-order chi connectivity index (χ0) is 13.1. The lowest BCUT2D eigenvalue weighted by molar-refractivity contribution is 0.0712. The third-order valence-corrected chi connectivity index (χ3v) is 3.27. The van der Waals surface area contributed by atoms with Gasteiger partial charge in [-0.1, -0.05) is 0 Å². The monoisotopic (exact) mass is 250 g/mol. The van der Waals surface area contributed by atoms with Gasteiger partial charge in [0.15, 0.2) is 0 Å². The molecular formula is C12H18N4O2. The van der Waals surface area contributed by atoms with Crippen molar-refractivity contribution in [3.8, 4) is 0 Å². The molecule has 1 atom stereocenters. The van der Waals surface area contributed by atoms with Crippen molar-refractivity contribution in [1.82, 2.24) is 14.8 Å². The van der Waals surface area contributed by atoms with Crippen molar-refractivity contribution in [2.45, 2.75) is 19.5 Å². The van der Waals surface area contributed by atoms with Crippen LogP contribution in [-0.4, -0.2) is 51.7 Å². The molecule has 1 fully saturated rings. The molecule has 6 heteroatoms. The molecule has 1 saturated heterocycles. The molecule has 0 unspecified atom stereocenters. The summed E-state index contributed by atoms with van der Waals surface area (Å²) in [4.78, 5) is 18.6. The van der Waals surface area contributed by atoms with Gasteiger partial charge in [0.1, 0.15) is 5.82 Å². The number of aromatic nitrogens is 1. The Hall–Kier alpha value is -1.82. The quantitative estimate of drug-likeness (QED) is 0.813. The first kappa shape index (κ1) is 12.6. The molecule has 1 aliphatic heterocycles. The molecule has 6 nitrogen and oxygen atoms in total. The zero-order valence-corrected chi connectivity index (χ0v) is 10.4. The fraction of sp³-hybridized carbons (Fsp3) is 0.500. The van der Waals surface area contributed by atoms with E-state index in [0.717, 1.165) is 18.7 Å². The highest BCUT2D eigenvalue weighted by atomic mass is 16.4. The van der Waals surface area contributed by atoms with Gasteiger partial charge in [-0.2, -0.15) is 0 Å². The highest BCUT2D eigenvalue weighted by Gasteiger charge is 2.26. The summed E-state index contributed by atoms with van der Waals surface area (Å²) in [5, 5.41) is 8.95. The minimum absolute atomic E-state index is 0.212. The molecule has 0 radical (unpaired) electrons. The van der Waals surface area contributed by atoms with Crippen LogP contribution in [0.3, 0.4) is 0 Å². The summed E-state index contributed by atoms with van der Waals surface area (Å²) in [6.07, 6.45) is 0.859. The lowest BCUT2D eigenvalue weighted by Crippen LogP contribution is -2.52. The van der Waals surface area contributed by atoms with E-state index in [-0.39, 0.29) is 6.04 Å². The Kier molecular flexibility index (Phi) is 3.66. The lowest BCUT2D eigenvalue weighted by Gasteiger charge is -2.38. The molecule has 0 saturated carbocycles. The first-order chi connectivity index (χ1) is 8.56. The van der Waals surface area contributed by atoms with Gasteiger partial charge in [-0.15, -0.1) is 0 Å². The maximum absolute atomic E-state index is 10.9. The molecule has 1 aromatic heterocycles. The number of amides is 1. The van der Waals surface area contributed by atoms with Gasteiger partial charge >= 0.3 is 6.09 Å². The Labute approximate surface area is 106 Å². The number of pyridine rings is 1. The maximum Gasteiger partial charge on any atom is 0.407 e. The van der Waals surface area contributed by atoms with Crippen molar-refractivity contribution in [1.29, 1.82) is 0 Å². The molecule has 2 heterocycles. The first-order valence-electron chi connectivity index (χ1n) is 5.98. The van der Waals surface area contributed by atoms with Gasteiger partial charge in [-0.25, -0.2) is 9.78 Å². The van der Waals surface area contributed by atoms with E-state index in [4.69, 9.17) is 10.8 Å². The van der Waals surface area contributed by atoms with Gasteiger partial charge in [0, 0.05) is 38.4 Å². The van der Waals surface area contributed by atoms with Crippen molar-refractivity contribution in [2.24, 2.45) is 0 Å².